The predicted octanol–water partition coefficient (Wildman–Crippen LogP) is 3.11. The first-order valence-corrected chi connectivity index (χ1v) is 7.92. The quantitative estimate of drug-likeness (QED) is 0.888. The molecule has 0 saturated carbocycles. The van der Waals surface area contributed by atoms with E-state index in [2.05, 4.69) is 10.3 Å². The van der Waals surface area contributed by atoms with Crippen molar-refractivity contribution in [2.75, 3.05) is 19.0 Å². The molecule has 2 aromatic rings. The van der Waals surface area contributed by atoms with Crippen LogP contribution >= 0.6 is 22.9 Å². The third kappa shape index (κ3) is 5.02. The van der Waals surface area contributed by atoms with Crippen LogP contribution in [-0.2, 0) is 17.8 Å². The van der Waals surface area contributed by atoms with E-state index in [4.69, 9.17) is 11.6 Å². The number of nitrogens with one attached hydrogen (secondary N) is 1. The minimum atomic E-state index is 0.0442. The first-order valence-electron chi connectivity index (χ1n) is 6.66. The van der Waals surface area contributed by atoms with Crippen molar-refractivity contribution in [1.29, 1.82) is 0 Å². The second-order valence-electron chi connectivity index (χ2n) is 4.92. The van der Waals surface area contributed by atoms with E-state index >= 15 is 0 Å². The number of carbonyl (C=O) groups excluding carboxylic acids is 1. The molecule has 6 heteroatoms. The molecule has 2 aromatic heterocycles. The van der Waals surface area contributed by atoms with E-state index in [0.717, 1.165) is 27.7 Å². The van der Waals surface area contributed by atoms with Gasteiger partial charge in [-0.25, -0.2) is 4.98 Å². The molecule has 0 fully saturated rings. The van der Waals surface area contributed by atoms with Gasteiger partial charge in [-0.05, 0) is 30.2 Å². The van der Waals surface area contributed by atoms with E-state index in [1.807, 2.05) is 42.6 Å². The number of halogens is 1. The molecule has 21 heavy (non-hydrogen) atoms. The Labute approximate surface area is 133 Å². The minimum Gasteiger partial charge on any atom is -0.363 e. The zero-order valence-corrected chi connectivity index (χ0v) is 13.7. The molecule has 4 nitrogen and oxygen atoms in total. The standard InChI is InChI=1S/C15H18ClN3OS/c1-19(2)14-7-11(5-6-17-14)9-18-15(20)4-3-13-8-12(16)10-21-13/h5-8,10H,3-4,9H2,1-2H3,(H,18,20). The van der Waals surface area contributed by atoms with E-state index in [0.29, 0.717) is 13.0 Å². The Morgan fingerprint density at radius 2 is 2.24 bits per heavy atom. The fourth-order valence-electron chi connectivity index (χ4n) is 1.83. The van der Waals surface area contributed by atoms with Crippen LogP contribution in [0.3, 0.4) is 0 Å². The van der Waals surface area contributed by atoms with E-state index in [9.17, 15) is 4.79 Å². The van der Waals surface area contributed by atoms with Gasteiger partial charge in [0.15, 0.2) is 0 Å². The van der Waals surface area contributed by atoms with E-state index < -0.39 is 0 Å². The second-order valence-corrected chi connectivity index (χ2v) is 6.36. The monoisotopic (exact) mass is 323 g/mol. The summed E-state index contributed by atoms with van der Waals surface area (Å²) in [6.45, 7) is 0.521. The molecular weight excluding hydrogens is 306 g/mol. The highest BCUT2D eigenvalue weighted by atomic mass is 35.5. The number of thiophene rings is 1. The maximum absolute atomic E-state index is 11.8. The lowest BCUT2D eigenvalue weighted by Gasteiger charge is -2.12. The number of rotatable bonds is 6. The molecule has 0 atom stereocenters. The van der Waals surface area contributed by atoms with Gasteiger partial charge in [0.1, 0.15) is 5.82 Å². The van der Waals surface area contributed by atoms with E-state index in [1.54, 1.807) is 17.5 Å². The number of amides is 1. The zero-order chi connectivity index (χ0) is 15.2. The van der Waals surface area contributed by atoms with Gasteiger partial charge >= 0.3 is 0 Å². The first kappa shape index (κ1) is 15.8. The smallest absolute Gasteiger partial charge is 0.220 e. The van der Waals surface area contributed by atoms with Crippen molar-refractivity contribution >= 4 is 34.7 Å². The molecule has 0 unspecified atom stereocenters. The van der Waals surface area contributed by atoms with Crippen LogP contribution in [0.25, 0.3) is 0 Å². The number of anilines is 1. The molecule has 2 heterocycles. The summed E-state index contributed by atoms with van der Waals surface area (Å²) in [5.41, 5.74) is 1.04. The summed E-state index contributed by atoms with van der Waals surface area (Å²) in [7, 11) is 3.88. The molecule has 0 saturated heterocycles. The van der Waals surface area contributed by atoms with Crippen LogP contribution in [-0.4, -0.2) is 25.0 Å². The van der Waals surface area contributed by atoms with Crippen molar-refractivity contribution in [3.63, 3.8) is 0 Å². The molecule has 0 aliphatic heterocycles. The largest absolute Gasteiger partial charge is 0.363 e. The number of hydrogen-bond acceptors (Lipinski definition) is 4. The third-order valence-corrected chi connectivity index (χ3v) is 4.32. The average molecular weight is 324 g/mol. The third-order valence-electron chi connectivity index (χ3n) is 2.98. The highest BCUT2D eigenvalue weighted by Crippen LogP contribution is 2.20. The topological polar surface area (TPSA) is 45.2 Å². The molecule has 0 aromatic carbocycles. The van der Waals surface area contributed by atoms with E-state index in [1.165, 1.54) is 0 Å². The van der Waals surface area contributed by atoms with Gasteiger partial charge in [0.05, 0.1) is 5.02 Å². The van der Waals surface area contributed by atoms with Crippen LogP contribution in [0.5, 0.6) is 0 Å². The van der Waals surface area contributed by atoms with Crippen molar-refractivity contribution in [1.82, 2.24) is 10.3 Å². The van der Waals surface area contributed by atoms with Crippen molar-refractivity contribution in [2.45, 2.75) is 19.4 Å². The SMILES string of the molecule is CN(C)c1cc(CNC(=O)CCc2cc(Cl)cs2)ccn1. The molecule has 0 aliphatic carbocycles. The average Bonchev–Trinajstić information content (AvgIpc) is 2.89. The fraction of sp³-hybridized carbons (Fsp3) is 0.333. The molecule has 1 N–H and O–H groups in total. The first-order chi connectivity index (χ1) is 10.0. The summed E-state index contributed by atoms with van der Waals surface area (Å²) in [5, 5.41) is 5.55. The van der Waals surface area contributed by atoms with Gasteiger partial charge in [0.2, 0.25) is 5.91 Å². The maximum Gasteiger partial charge on any atom is 0.220 e. The molecule has 0 bridgehead atoms. The lowest BCUT2D eigenvalue weighted by molar-refractivity contribution is -0.121. The minimum absolute atomic E-state index is 0.0442. The van der Waals surface area contributed by atoms with Gasteiger partial charge in [-0.15, -0.1) is 11.3 Å². The van der Waals surface area contributed by atoms with Gasteiger partial charge in [-0.3, -0.25) is 4.79 Å². The lowest BCUT2D eigenvalue weighted by atomic mass is 10.2. The number of carbonyl (C=O) groups is 1. The van der Waals surface area contributed by atoms with Crippen LogP contribution < -0.4 is 10.2 Å². The fourth-order valence-corrected chi connectivity index (χ4v) is 2.90. The second kappa shape index (κ2) is 7.43. The van der Waals surface area contributed by atoms with Gasteiger partial charge < -0.3 is 10.2 Å². The van der Waals surface area contributed by atoms with Crippen LogP contribution in [0.2, 0.25) is 5.02 Å². The Kier molecular flexibility index (Phi) is 5.59. The summed E-state index contributed by atoms with van der Waals surface area (Å²) in [5.74, 6) is 0.928. The molecule has 112 valence electrons. The summed E-state index contributed by atoms with van der Waals surface area (Å²) < 4.78 is 0. The Hall–Kier alpha value is -1.59. The molecule has 0 aliphatic rings. The lowest BCUT2D eigenvalue weighted by Crippen LogP contribution is -2.23. The van der Waals surface area contributed by atoms with Crippen LogP contribution in [0.1, 0.15) is 16.9 Å². The number of pyridine rings is 1. The van der Waals surface area contributed by atoms with Crippen LogP contribution in [0.4, 0.5) is 5.82 Å². The number of aryl methyl sites for hydroxylation is 1. The van der Waals surface area contributed by atoms with Crippen molar-refractivity contribution in [3.05, 3.63) is 45.2 Å². The van der Waals surface area contributed by atoms with Gasteiger partial charge in [-0.2, -0.15) is 0 Å². The normalized spacial score (nSPS) is 10.4. The van der Waals surface area contributed by atoms with Gasteiger partial charge in [0, 0.05) is 43.5 Å². The molecule has 0 spiro atoms. The summed E-state index contributed by atoms with van der Waals surface area (Å²) in [6, 6.07) is 5.79. The Morgan fingerprint density at radius 1 is 1.43 bits per heavy atom. The molecular formula is C15H18ClN3OS. The maximum atomic E-state index is 11.8. The zero-order valence-electron chi connectivity index (χ0n) is 12.1. The number of nitrogens with zero attached hydrogens (tertiary/aromatic N) is 2. The number of hydrogen-bond donors (Lipinski definition) is 1. The Balaban J connectivity index is 1.79. The van der Waals surface area contributed by atoms with Crippen molar-refractivity contribution < 1.29 is 4.79 Å². The van der Waals surface area contributed by atoms with Gasteiger partial charge in [0.25, 0.3) is 0 Å². The molecule has 2 rings (SSSR count). The summed E-state index contributed by atoms with van der Waals surface area (Å²) in [4.78, 5) is 19.2. The highest BCUT2D eigenvalue weighted by Gasteiger charge is 2.05. The molecule has 1 amide bonds. The predicted molar refractivity (Wildman–Crippen MR) is 88.1 cm³/mol. The molecule has 0 radical (unpaired) electrons. The Bertz CT molecular complexity index is 612. The van der Waals surface area contributed by atoms with E-state index in [-0.39, 0.29) is 5.91 Å². The Morgan fingerprint density at radius 3 is 2.90 bits per heavy atom. The van der Waals surface area contributed by atoms with Crippen molar-refractivity contribution in [3.8, 4) is 0 Å². The summed E-state index contributed by atoms with van der Waals surface area (Å²) >= 11 is 7.44. The van der Waals surface area contributed by atoms with Crippen molar-refractivity contribution in [2.24, 2.45) is 0 Å². The van der Waals surface area contributed by atoms with Gasteiger partial charge in [-0.1, -0.05) is 11.6 Å². The van der Waals surface area contributed by atoms with Crippen LogP contribution in [0, 0.1) is 0 Å². The summed E-state index contributed by atoms with van der Waals surface area (Å²) in [6.07, 6.45) is 2.95. The van der Waals surface area contributed by atoms with Crippen LogP contribution in [0.15, 0.2) is 29.8 Å². The number of aromatic nitrogens is 1. The highest BCUT2D eigenvalue weighted by molar-refractivity contribution is 7.10.